The summed E-state index contributed by atoms with van der Waals surface area (Å²) in [5, 5.41) is 13.0. The molecule has 0 aromatic heterocycles. The maximum absolute atomic E-state index is 12.2. The Kier molecular flexibility index (Phi) is 7.06. The van der Waals surface area contributed by atoms with Gasteiger partial charge in [-0.1, -0.05) is 6.92 Å². The van der Waals surface area contributed by atoms with E-state index in [1.165, 1.54) is 12.8 Å². The van der Waals surface area contributed by atoms with Gasteiger partial charge in [0.05, 0.1) is 6.10 Å². The van der Waals surface area contributed by atoms with Gasteiger partial charge in [0.1, 0.15) is 0 Å². The van der Waals surface area contributed by atoms with Crippen LogP contribution in [0.2, 0.25) is 0 Å². The van der Waals surface area contributed by atoms with Crippen LogP contribution in [0.4, 0.5) is 5.69 Å². The third-order valence-corrected chi connectivity index (χ3v) is 4.89. The van der Waals surface area contributed by atoms with Crippen molar-refractivity contribution in [2.24, 2.45) is 5.92 Å². The van der Waals surface area contributed by atoms with E-state index in [9.17, 15) is 9.90 Å². The van der Waals surface area contributed by atoms with E-state index < -0.39 is 6.10 Å². The van der Waals surface area contributed by atoms with Crippen molar-refractivity contribution >= 4 is 11.6 Å². The van der Waals surface area contributed by atoms with Crippen molar-refractivity contribution in [1.82, 2.24) is 10.2 Å². The molecular formula is C19H31N3O2. The molecule has 2 N–H and O–H groups in total. The highest BCUT2D eigenvalue weighted by Crippen LogP contribution is 2.16. The van der Waals surface area contributed by atoms with E-state index >= 15 is 0 Å². The van der Waals surface area contributed by atoms with Crippen molar-refractivity contribution in [3.05, 3.63) is 29.8 Å². The minimum Gasteiger partial charge on any atom is -0.390 e. The van der Waals surface area contributed by atoms with E-state index in [2.05, 4.69) is 29.0 Å². The van der Waals surface area contributed by atoms with Crippen LogP contribution < -0.4 is 10.2 Å². The van der Waals surface area contributed by atoms with Crippen LogP contribution in [-0.2, 0) is 0 Å². The number of hydrogen-bond donors (Lipinski definition) is 2. The van der Waals surface area contributed by atoms with Crippen LogP contribution in [0.5, 0.6) is 0 Å². The lowest BCUT2D eigenvalue weighted by atomic mass is 9.99. The molecule has 1 aliphatic heterocycles. The van der Waals surface area contributed by atoms with E-state index in [0.717, 1.165) is 31.2 Å². The lowest BCUT2D eigenvalue weighted by Crippen LogP contribution is -2.43. The van der Waals surface area contributed by atoms with Gasteiger partial charge in [-0.2, -0.15) is 0 Å². The highest BCUT2D eigenvalue weighted by Gasteiger charge is 2.18. The number of aliphatic hydroxyl groups excluding tert-OH is 1. The first-order valence-electron chi connectivity index (χ1n) is 8.99. The summed E-state index contributed by atoms with van der Waals surface area (Å²) >= 11 is 0. The normalized spacial score (nSPS) is 17.5. The topological polar surface area (TPSA) is 55.8 Å². The predicted molar refractivity (Wildman–Crippen MR) is 98.6 cm³/mol. The molecule has 134 valence electrons. The summed E-state index contributed by atoms with van der Waals surface area (Å²) in [6, 6.07) is 7.55. The Morgan fingerprint density at radius 1 is 1.33 bits per heavy atom. The van der Waals surface area contributed by atoms with Gasteiger partial charge in [0.15, 0.2) is 0 Å². The second-order valence-electron chi connectivity index (χ2n) is 6.91. The summed E-state index contributed by atoms with van der Waals surface area (Å²) in [6.07, 6.45) is 1.86. The Labute approximate surface area is 145 Å². The van der Waals surface area contributed by atoms with Crippen LogP contribution in [0.3, 0.4) is 0 Å². The fourth-order valence-corrected chi connectivity index (χ4v) is 2.97. The number of anilines is 1. The summed E-state index contributed by atoms with van der Waals surface area (Å²) in [7, 11) is 2.02. The fraction of sp³-hybridized carbons (Fsp3) is 0.632. The lowest BCUT2D eigenvalue weighted by molar-refractivity contribution is 0.0795. The summed E-state index contributed by atoms with van der Waals surface area (Å²) in [4.78, 5) is 16.6. The highest BCUT2D eigenvalue weighted by molar-refractivity contribution is 5.94. The van der Waals surface area contributed by atoms with Crippen molar-refractivity contribution in [3.63, 3.8) is 0 Å². The number of piperidine rings is 1. The summed E-state index contributed by atoms with van der Waals surface area (Å²) in [6.45, 7) is 8.29. The molecule has 0 spiro atoms. The molecule has 0 radical (unpaired) electrons. The molecule has 24 heavy (non-hydrogen) atoms. The van der Waals surface area contributed by atoms with Crippen LogP contribution in [0.25, 0.3) is 0 Å². The van der Waals surface area contributed by atoms with Crippen molar-refractivity contribution in [1.29, 1.82) is 0 Å². The van der Waals surface area contributed by atoms with E-state index in [1.807, 2.05) is 31.3 Å². The number of β-amino-alcohol motifs (C(OH)–C–C–N with tert-alkyl or cyclic N) is 1. The molecule has 5 heteroatoms. The van der Waals surface area contributed by atoms with Gasteiger partial charge >= 0.3 is 0 Å². The fourth-order valence-electron chi connectivity index (χ4n) is 2.97. The van der Waals surface area contributed by atoms with Crippen molar-refractivity contribution in [2.45, 2.75) is 32.8 Å². The molecule has 1 unspecified atom stereocenters. The van der Waals surface area contributed by atoms with Crippen molar-refractivity contribution < 1.29 is 9.90 Å². The van der Waals surface area contributed by atoms with E-state index in [-0.39, 0.29) is 5.91 Å². The third-order valence-electron chi connectivity index (χ3n) is 4.89. The lowest BCUT2D eigenvalue weighted by Gasteiger charge is -2.31. The average Bonchev–Trinajstić information content (AvgIpc) is 2.61. The van der Waals surface area contributed by atoms with Gasteiger partial charge < -0.3 is 20.2 Å². The van der Waals surface area contributed by atoms with Crippen molar-refractivity contribution in [2.75, 3.05) is 44.7 Å². The molecular weight excluding hydrogens is 302 g/mol. The number of rotatable bonds is 7. The van der Waals surface area contributed by atoms with E-state index in [4.69, 9.17) is 0 Å². The molecule has 1 atom stereocenters. The Hall–Kier alpha value is -1.59. The number of aliphatic hydroxyl groups is 1. The van der Waals surface area contributed by atoms with E-state index in [0.29, 0.717) is 18.7 Å². The zero-order chi connectivity index (χ0) is 17.5. The van der Waals surface area contributed by atoms with Gasteiger partial charge in [-0.25, -0.2) is 0 Å². The predicted octanol–water partition coefficient (Wildman–Crippen LogP) is 1.97. The number of nitrogens with zero attached hydrogens (tertiary/aromatic N) is 2. The second-order valence-corrected chi connectivity index (χ2v) is 6.91. The Balaban J connectivity index is 1.75. The van der Waals surface area contributed by atoms with Crippen LogP contribution in [0.1, 0.15) is 37.0 Å². The molecule has 2 rings (SSSR count). The molecule has 0 bridgehead atoms. The van der Waals surface area contributed by atoms with Gasteiger partial charge in [0.2, 0.25) is 0 Å². The van der Waals surface area contributed by atoms with Crippen LogP contribution in [0.15, 0.2) is 24.3 Å². The third kappa shape index (κ3) is 5.49. The maximum Gasteiger partial charge on any atom is 0.251 e. The SMILES string of the molecule is CCN(C)c1ccc(C(=O)NCC(O)CN2CCC(C)CC2)cc1. The Morgan fingerprint density at radius 3 is 2.54 bits per heavy atom. The Bertz CT molecular complexity index is 510. The molecule has 0 saturated carbocycles. The number of carbonyl (C=O) groups excluding carboxylic acids is 1. The molecule has 1 aromatic carbocycles. The second kappa shape index (κ2) is 9.04. The van der Waals surface area contributed by atoms with Crippen LogP contribution in [0, 0.1) is 5.92 Å². The van der Waals surface area contributed by atoms with Gasteiger partial charge in [0, 0.05) is 37.9 Å². The monoisotopic (exact) mass is 333 g/mol. The molecule has 1 fully saturated rings. The highest BCUT2D eigenvalue weighted by atomic mass is 16.3. The molecule has 1 aromatic rings. The van der Waals surface area contributed by atoms with Gasteiger partial charge in [-0.3, -0.25) is 4.79 Å². The molecule has 0 aliphatic carbocycles. The average molecular weight is 333 g/mol. The zero-order valence-corrected chi connectivity index (χ0v) is 15.2. The van der Waals surface area contributed by atoms with Gasteiger partial charge in [0.25, 0.3) is 5.91 Å². The smallest absolute Gasteiger partial charge is 0.251 e. The van der Waals surface area contributed by atoms with Crippen LogP contribution in [-0.4, -0.2) is 61.8 Å². The number of likely N-dealkylation sites (tertiary alicyclic amines) is 1. The molecule has 1 saturated heterocycles. The molecule has 1 aliphatic rings. The summed E-state index contributed by atoms with van der Waals surface area (Å²) < 4.78 is 0. The number of benzene rings is 1. The molecule has 5 nitrogen and oxygen atoms in total. The van der Waals surface area contributed by atoms with E-state index in [1.54, 1.807) is 0 Å². The quantitative estimate of drug-likeness (QED) is 0.801. The number of nitrogens with one attached hydrogen (secondary N) is 1. The Morgan fingerprint density at radius 2 is 1.96 bits per heavy atom. The number of carbonyl (C=O) groups is 1. The minimum absolute atomic E-state index is 0.132. The summed E-state index contributed by atoms with van der Waals surface area (Å²) in [5.74, 6) is 0.653. The van der Waals surface area contributed by atoms with Crippen molar-refractivity contribution in [3.8, 4) is 0 Å². The largest absolute Gasteiger partial charge is 0.390 e. The summed E-state index contributed by atoms with van der Waals surface area (Å²) in [5.41, 5.74) is 1.72. The van der Waals surface area contributed by atoms with Gasteiger partial charge in [-0.15, -0.1) is 0 Å². The molecule has 1 amide bonds. The number of hydrogen-bond acceptors (Lipinski definition) is 4. The number of amides is 1. The first-order valence-corrected chi connectivity index (χ1v) is 8.99. The maximum atomic E-state index is 12.2. The minimum atomic E-state index is -0.521. The van der Waals surface area contributed by atoms with Crippen LogP contribution >= 0.6 is 0 Å². The van der Waals surface area contributed by atoms with Gasteiger partial charge in [-0.05, 0) is 63.0 Å². The first-order chi connectivity index (χ1) is 11.5. The first kappa shape index (κ1) is 18.7. The zero-order valence-electron chi connectivity index (χ0n) is 15.2. The standard InChI is InChI=1S/C19H31N3O2/c1-4-21(3)17-7-5-16(6-8-17)19(24)20-13-18(23)14-22-11-9-15(2)10-12-22/h5-8,15,18,23H,4,9-14H2,1-3H3,(H,20,24). The molecule has 1 heterocycles.